The van der Waals surface area contributed by atoms with Gasteiger partial charge in [-0.2, -0.15) is 0 Å². The van der Waals surface area contributed by atoms with Gasteiger partial charge in [-0.05, 0) is 32.1 Å². The van der Waals surface area contributed by atoms with Crippen LogP contribution < -0.4 is 34.4 Å². The zero-order valence-corrected chi connectivity index (χ0v) is 20.4. The number of aliphatic hydroxyl groups is 2. The lowest BCUT2D eigenvalue weighted by atomic mass is 10.1. The molecule has 0 unspecified atom stereocenters. The molecule has 0 aliphatic carbocycles. The topological polar surface area (TPSA) is 358 Å². The second-order valence-electron chi connectivity index (χ2n) is 7.06. The van der Waals surface area contributed by atoms with Gasteiger partial charge in [-0.1, -0.05) is 13.3 Å². The van der Waals surface area contributed by atoms with E-state index in [4.69, 9.17) is 65.0 Å². The van der Waals surface area contributed by atoms with Crippen molar-refractivity contribution in [3.63, 3.8) is 0 Å². The van der Waals surface area contributed by atoms with E-state index < -0.39 is 54.7 Å². The molecule has 0 aromatic carbocycles. The summed E-state index contributed by atoms with van der Waals surface area (Å²) in [6.45, 7) is 1.75. The molecule has 0 aliphatic heterocycles. The van der Waals surface area contributed by atoms with Crippen LogP contribution in [0.5, 0.6) is 0 Å². The van der Waals surface area contributed by atoms with E-state index in [1.54, 1.807) is 0 Å². The normalized spacial score (nSPS) is 12.9. The molecule has 0 aliphatic rings. The highest BCUT2D eigenvalue weighted by molar-refractivity contribution is 5.75. The summed E-state index contributed by atoms with van der Waals surface area (Å²) >= 11 is 0. The fraction of sp³-hybridized carbons (Fsp3) is 0.737. The summed E-state index contributed by atoms with van der Waals surface area (Å²) < 4.78 is 0. The molecule has 0 bridgehead atoms. The number of hydrogen-bond acceptors (Lipinski definition) is 11. The van der Waals surface area contributed by atoms with Gasteiger partial charge in [0.05, 0.1) is 6.61 Å². The Kier molecular flexibility index (Phi) is 29.5. The minimum Gasteiger partial charge on any atom is -0.480 e. The van der Waals surface area contributed by atoms with Gasteiger partial charge in [-0.3, -0.25) is 24.2 Å². The van der Waals surface area contributed by atoms with Gasteiger partial charge >= 0.3 is 23.9 Å². The van der Waals surface area contributed by atoms with Crippen LogP contribution in [0.1, 0.15) is 45.4 Å². The molecule has 18 N–H and O–H groups in total. The summed E-state index contributed by atoms with van der Waals surface area (Å²) in [7, 11) is 0. The fourth-order valence-corrected chi connectivity index (χ4v) is 1.58. The molecule has 0 heterocycles. The van der Waals surface area contributed by atoms with Gasteiger partial charge in [0.1, 0.15) is 24.2 Å². The molecule has 0 saturated carbocycles. The van der Waals surface area contributed by atoms with Crippen molar-refractivity contribution < 1.29 is 49.8 Å². The number of unbranched alkanes of at least 4 members (excludes halogenated alkanes) is 1. The first kappa shape index (κ1) is 40.1. The number of carbonyl (C=O) groups is 4. The average Bonchev–Trinajstić information content (AvgIpc) is 2.79. The number of carboxylic acid groups (broad SMARTS) is 4. The van der Waals surface area contributed by atoms with Crippen LogP contribution in [0.2, 0.25) is 0 Å². The zero-order chi connectivity index (χ0) is 29.3. The third-order valence-corrected chi connectivity index (χ3v) is 3.72. The van der Waals surface area contributed by atoms with E-state index in [0.29, 0.717) is 25.8 Å². The average molecular weight is 530 g/mol. The number of aliphatic hydroxyl groups excluding tert-OH is 2. The maximum Gasteiger partial charge on any atom is 0.322 e. The number of carboxylic acids is 4. The molecule has 0 radical (unpaired) electrons. The van der Waals surface area contributed by atoms with Crippen LogP contribution in [0.3, 0.4) is 0 Å². The number of aliphatic imine (C=N–C) groups is 1. The van der Waals surface area contributed by atoms with Crippen LogP contribution in [-0.4, -0.2) is 104 Å². The van der Waals surface area contributed by atoms with Gasteiger partial charge in [0.2, 0.25) is 0 Å². The Hall–Kier alpha value is -3.09. The molecular weight excluding hydrogens is 486 g/mol. The van der Waals surface area contributed by atoms with Gasteiger partial charge in [0, 0.05) is 13.2 Å². The molecule has 214 valence electrons. The molecule has 0 rings (SSSR count). The molecule has 36 heavy (non-hydrogen) atoms. The Labute approximate surface area is 209 Å². The second-order valence-corrected chi connectivity index (χ2v) is 7.06. The van der Waals surface area contributed by atoms with Crippen molar-refractivity contribution in [1.82, 2.24) is 0 Å². The third kappa shape index (κ3) is 33.1. The summed E-state index contributed by atoms with van der Waals surface area (Å²) in [6.07, 6.45) is 3.43. The van der Waals surface area contributed by atoms with E-state index in [0.717, 1.165) is 12.8 Å². The smallest absolute Gasteiger partial charge is 0.322 e. The number of nitrogens with two attached hydrogens (primary N) is 6. The molecule has 0 saturated heterocycles. The molecule has 17 heteroatoms. The van der Waals surface area contributed by atoms with Crippen molar-refractivity contribution in [2.24, 2.45) is 39.4 Å². The third-order valence-electron chi connectivity index (χ3n) is 3.72. The van der Waals surface area contributed by atoms with Crippen molar-refractivity contribution in [1.29, 1.82) is 0 Å². The highest BCUT2D eigenvalue weighted by atomic mass is 16.4. The number of rotatable bonds is 14. The van der Waals surface area contributed by atoms with Crippen molar-refractivity contribution >= 4 is 29.8 Å². The Morgan fingerprint density at radius 3 is 1.28 bits per heavy atom. The van der Waals surface area contributed by atoms with Crippen LogP contribution in [0.4, 0.5) is 0 Å². The summed E-state index contributed by atoms with van der Waals surface area (Å²) in [6, 6.07) is -3.49. The van der Waals surface area contributed by atoms with Crippen LogP contribution in [0.15, 0.2) is 4.99 Å². The zero-order valence-electron chi connectivity index (χ0n) is 20.4. The van der Waals surface area contributed by atoms with Crippen LogP contribution in [0.25, 0.3) is 0 Å². The molecule has 0 spiro atoms. The van der Waals surface area contributed by atoms with Gasteiger partial charge in [-0.25, -0.2) is 0 Å². The highest BCUT2D eigenvalue weighted by Gasteiger charge is 2.10. The van der Waals surface area contributed by atoms with E-state index in [1.165, 1.54) is 0 Å². The first-order valence-corrected chi connectivity index (χ1v) is 10.8. The van der Waals surface area contributed by atoms with Gasteiger partial charge in [-0.15, -0.1) is 0 Å². The number of hydrogen-bond donors (Lipinski definition) is 12. The Bertz CT molecular complexity index is 612. The van der Waals surface area contributed by atoms with Crippen LogP contribution >= 0.6 is 0 Å². The summed E-state index contributed by atoms with van der Waals surface area (Å²) in [4.78, 5) is 43.5. The SMILES string of the molecule is CCC[C@H](N)C(=O)O.NC(N)=NCCCC[C@H](N)C(=O)O.N[C@@H](CCO)C(=O)O.N[C@H](CO)C(=O)O. The van der Waals surface area contributed by atoms with Crippen LogP contribution in [-0.2, 0) is 19.2 Å². The van der Waals surface area contributed by atoms with Crippen molar-refractivity contribution in [3.05, 3.63) is 0 Å². The van der Waals surface area contributed by atoms with E-state index in [9.17, 15) is 19.2 Å². The predicted octanol–water partition coefficient (Wildman–Crippen LogP) is -3.79. The predicted molar refractivity (Wildman–Crippen MR) is 131 cm³/mol. The minimum absolute atomic E-state index is 0.0579. The maximum absolute atomic E-state index is 10.3. The number of nitrogens with zero attached hydrogens (tertiary/aromatic N) is 1. The molecule has 17 nitrogen and oxygen atoms in total. The minimum atomic E-state index is -1.18. The molecule has 0 fully saturated rings. The van der Waals surface area contributed by atoms with Gasteiger partial charge in [0.15, 0.2) is 5.96 Å². The molecular formula is C19H43N7O10. The van der Waals surface area contributed by atoms with E-state index in [1.807, 2.05) is 6.92 Å². The lowest BCUT2D eigenvalue weighted by molar-refractivity contribution is -0.140. The number of guanidine groups is 1. The molecule has 0 aromatic rings. The van der Waals surface area contributed by atoms with Crippen molar-refractivity contribution in [2.75, 3.05) is 19.8 Å². The largest absolute Gasteiger partial charge is 0.480 e. The van der Waals surface area contributed by atoms with Crippen molar-refractivity contribution in [2.45, 2.75) is 69.6 Å². The monoisotopic (exact) mass is 529 g/mol. The summed E-state index contributed by atoms with van der Waals surface area (Å²) in [5.74, 6) is -4.07. The Balaban J connectivity index is -0.000000197. The van der Waals surface area contributed by atoms with Crippen molar-refractivity contribution in [3.8, 4) is 0 Å². The number of aliphatic carboxylic acids is 4. The van der Waals surface area contributed by atoms with E-state index in [-0.39, 0.29) is 19.0 Å². The maximum atomic E-state index is 10.3. The standard InChI is InChI=1S/C7H16N4O2.C5H11NO2.C4H9NO3.C3H7NO3/c8-5(6(12)13)3-1-2-4-11-7(9)10;1-2-3-4(6)5(7)8;5-3(1-2-6)4(7)8;4-2(1-5)3(6)7/h5H,1-4,8H2,(H,12,13)(H4,9,10,11);4H,2-3,6H2,1H3,(H,7,8);3,6H,1-2,5H2,(H,7,8);2,5H,1,4H2,(H,6,7)/t5-;4-;3-;2-/m0001/s1. The van der Waals surface area contributed by atoms with Crippen LogP contribution in [0, 0.1) is 0 Å². The fourth-order valence-electron chi connectivity index (χ4n) is 1.58. The van der Waals surface area contributed by atoms with E-state index in [2.05, 4.69) is 4.99 Å². The highest BCUT2D eigenvalue weighted by Crippen LogP contribution is 1.99. The van der Waals surface area contributed by atoms with E-state index >= 15 is 0 Å². The van der Waals surface area contributed by atoms with Gasteiger partial charge in [0.25, 0.3) is 0 Å². The lowest BCUT2D eigenvalue weighted by Crippen LogP contribution is -2.33. The summed E-state index contributed by atoms with van der Waals surface area (Å²) in [5, 5.41) is 48.7. The summed E-state index contributed by atoms with van der Waals surface area (Å²) in [5.41, 5.74) is 30.3. The molecule has 4 atom stereocenters. The Morgan fingerprint density at radius 1 is 0.667 bits per heavy atom. The molecule has 0 amide bonds. The van der Waals surface area contributed by atoms with Gasteiger partial charge < -0.3 is 65.0 Å². The Morgan fingerprint density at radius 2 is 1.06 bits per heavy atom. The first-order valence-electron chi connectivity index (χ1n) is 10.8. The lowest BCUT2D eigenvalue weighted by Gasteiger charge is -2.04. The quantitative estimate of drug-likeness (QED) is 0.0582. The molecule has 0 aromatic heterocycles. The second kappa shape index (κ2) is 26.5. The first-order chi connectivity index (χ1) is 16.6.